The number of ether oxygens (including phenoxy) is 2. The lowest BCUT2D eigenvalue weighted by Crippen LogP contribution is -2.46. The van der Waals surface area contributed by atoms with Crippen LogP contribution in [0.15, 0.2) is 85.1 Å². The molecule has 0 bridgehead atoms. The maximum Gasteiger partial charge on any atom is 0.242 e. The van der Waals surface area contributed by atoms with Crippen molar-refractivity contribution in [3.05, 3.63) is 108 Å². The molecule has 3 aromatic carbocycles. The van der Waals surface area contributed by atoms with Gasteiger partial charge in [-0.1, -0.05) is 47.7 Å². The van der Waals surface area contributed by atoms with Crippen LogP contribution < -0.4 is 10.1 Å². The molecule has 0 unspecified atom stereocenters. The summed E-state index contributed by atoms with van der Waals surface area (Å²) in [6.45, 7) is 2.07. The topological polar surface area (TPSA) is 95.3 Å². The molecular weight excluding hydrogens is 475 g/mol. The molecule has 37 heavy (non-hydrogen) atoms. The minimum atomic E-state index is -0.837. The van der Waals surface area contributed by atoms with Crippen molar-refractivity contribution in [1.29, 1.82) is 0 Å². The van der Waals surface area contributed by atoms with Crippen molar-refractivity contribution >= 4 is 11.7 Å². The molecule has 0 saturated heterocycles. The second-order valence-electron chi connectivity index (χ2n) is 8.52. The Morgan fingerprint density at radius 2 is 1.62 bits per heavy atom. The van der Waals surface area contributed by atoms with Crippen molar-refractivity contribution in [3.63, 3.8) is 0 Å². The van der Waals surface area contributed by atoms with E-state index in [9.17, 15) is 14.0 Å². The first-order valence-electron chi connectivity index (χ1n) is 11.8. The summed E-state index contributed by atoms with van der Waals surface area (Å²) in [7, 11) is 0. The average Bonchev–Trinajstić information content (AvgIpc) is 3.30. The van der Waals surface area contributed by atoms with Crippen molar-refractivity contribution in [1.82, 2.24) is 20.3 Å². The van der Waals surface area contributed by atoms with Crippen LogP contribution >= 0.6 is 0 Å². The molecule has 1 aromatic heterocycles. The van der Waals surface area contributed by atoms with E-state index in [4.69, 9.17) is 9.47 Å². The van der Waals surface area contributed by atoms with Gasteiger partial charge in [0.25, 0.3) is 0 Å². The average molecular weight is 503 g/mol. The van der Waals surface area contributed by atoms with E-state index < -0.39 is 6.04 Å². The first-order chi connectivity index (χ1) is 17.9. The Bertz CT molecular complexity index is 1310. The van der Waals surface area contributed by atoms with Gasteiger partial charge in [0, 0.05) is 12.6 Å². The van der Waals surface area contributed by atoms with Gasteiger partial charge < -0.3 is 14.8 Å². The predicted octanol–water partition coefficient (Wildman–Crippen LogP) is 4.03. The van der Waals surface area contributed by atoms with Crippen molar-refractivity contribution in [2.45, 2.75) is 32.5 Å². The molecule has 0 spiro atoms. The van der Waals surface area contributed by atoms with Gasteiger partial charge in [-0.25, -0.2) is 9.07 Å². The fourth-order valence-corrected chi connectivity index (χ4v) is 3.58. The maximum atomic E-state index is 13.2. The van der Waals surface area contributed by atoms with Crippen molar-refractivity contribution < 1.29 is 23.5 Å². The molecule has 9 heteroatoms. The largest absolute Gasteiger partial charge is 0.457 e. The van der Waals surface area contributed by atoms with E-state index in [1.54, 1.807) is 37.4 Å². The number of rotatable bonds is 12. The number of aryl methyl sites for hydroxylation is 1. The van der Waals surface area contributed by atoms with Crippen LogP contribution in [0.25, 0.3) is 0 Å². The van der Waals surface area contributed by atoms with Gasteiger partial charge >= 0.3 is 0 Å². The number of nitrogens with zero attached hydrogens (tertiary/aromatic N) is 3. The maximum absolute atomic E-state index is 13.2. The van der Waals surface area contributed by atoms with Gasteiger partial charge in [0.2, 0.25) is 5.91 Å². The molecule has 0 aliphatic heterocycles. The minimum Gasteiger partial charge on any atom is -0.457 e. The van der Waals surface area contributed by atoms with Gasteiger partial charge in [-0.3, -0.25) is 9.59 Å². The van der Waals surface area contributed by atoms with Crippen LogP contribution in [0.1, 0.15) is 16.8 Å². The SMILES string of the molecule is Cc1cn(CC(=O)N[C@@H](COCc2ccccc2)C(=O)Cc2ccc(Oc3ccc(F)cc3)cc2)nn1. The van der Waals surface area contributed by atoms with Gasteiger partial charge in [0.15, 0.2) is 5.78 Å². The number of benzene rings is 3. The zero-order valence-corrected chi connectivity index (χ0v) is 20.3. The number of carbonyl (C=O) groups excluding carboxylic acids is 2. The van der Waals surface area contributed by atoms with Crippen LogP contribution in [0, 0.1) is 12.7 Å². The number of hydrogen-bond donors (Lipinski definition) is 1. The fraction of sp³-hybridized carbons (Fsp3) is 0.214. The lowest BCUT2D eigenvalue weighted by Gasteiger charge is -2.18. The van der Waals surface area contributed by atoms with Crippen molar-refractivity contribution in [2.75, 3.05) is 6.61 Å². The summed E-state index contributed by atoms with van der Waals surface area (Å²) < 4.78 is 26.0. The highest BCUT2D eigenvalue weighted by Gasteiger charge is 2.22. The van der Waals surface area contributed by atoms with E-state index in [-0.39, 0.29) is 37.1 Å². The molecule has 1 N–H and O–H groups in total. The highest BCUT2D eigenvalue weighted by atomic mass is 19.1. The number of ketones is 1. The second kappa shape index (κ2) is 12.5. The van der Waals surface area contributed by atoms with E-state index in [1.807, 2.05) is 30.3 Å². The summed E-state index contributed by atoms with van der Waals surface area (Å²) in [5, 5.41) is 10.5. The standard InChI is InChI=1S/C28H27FN4O4/c1-20-16-33(32-31-20)17-28(35)30-26(19-36-18-22-5-3-2-4-6-22)27(34)15-21-7-11-24(12-8-21)37-25-13-9-23(29)10-14-25/h2-14,16,26H,15,17-19H2,1H3,(H,30,35)/t26-/m0/s1. The molecule has 0 saturated carbocycles. The molecule has 0 aliphatic rings. The predicted molar refractivity (Wildman–Crippen MR) is 134 cm³/mol. The molecule has 0 fully saturated rings. The summed E-state index contributed by atoms with van der Waals surface area (Å²) in [5.41, 5.74) is 2.42. The van der Waals surface area contributed by atoms with Crippen LogP contribution in [-0.2, 0) is 33.9 Å². The third kappa shape index (κ3) is 8.08. The number of aromatic nitrogens is 3. The Morgan fingerprint density at radius 3 is 2.27 bits per heavy atom. The second-order valence-corrected chi connectivity index (χ2v) is 8.52. The van der Waals surface area contributed by atoms with Crippen LogP contribution in [0.2, 0.25) is 0 Å². The van der Waals surface area contributed by atoms with Gasteiger partial charge in [-0.05, 0) is 54.4 Å². The van der Waals surface area contributed by atoms with Gasteiger partial charge in [-0.15, -0.1) is 5.10 Å². The highest BCUT2D eigenvalue weighted by molar-refractivity contribution is 5.90. The summed E-state index contributed by atoms with van der Waals surface area (Å²) in [5.74, 6) is 0.165. The van der Waals surface area contributed by atoms with E-state index >= 15 is 0 Å². The van der Waals surface area contributed by atoms with Gasteiger partial charge in [-0.2, -0.15) is 0 Å². The molecular formula is C28H27FN4O4. The molecule has 1 heterocycles. The Kier molecular flexibility index (Phi) is 8.72. The van der Waals surface area contributed by atoms with E-state index in [0.29, 0.717) is 23.8 Å². The molecule has 4 aromatic rings. The number of hydrogen-bond acceptors (Lipinski definition) is 6. The first-order valence-corrected chi connectivity index (χ1v) is 11.8. The Labute approximate surface area is 214 Å². The number of nitrogens with one attached hydrogen (secondary N) is 1. The Morgan fingerprint density at radius 1 is 0.946 bits per heavy atom. The van der Waals surface area contributed by atoms with Crippen LogP contribution in [0.4, 0.5) is 4.39 Å². The zero-order valence-electron chi connectivity index (χ0n) is 20.3. The summed E-state index contributed by atoms with van der Waals surface area (Å²) in [6.07, 6.45) is 1.75. The normalized spacial score (nSPS) is 11.6. The minimum absolute atomic E-state index is 0.0294. The highest BCUT2D eigenvalue weighted by Crippen LogP contribution is 2.22. The van der Waals surface area contributed by atoms with Crippen LogP contribution in [0.3, 0.4) is 0 Å². The molecule has 0 radical (unpaired) electrons. The lowest BCUT2D eigenvalue weighted by atomic mass is 10.0. The van der Waals surface area contributed by atoms with Gasteiger partial charge in [0.1, 0.15) is 29.9 Å². The summed E-state index contributed by atoms with van der Waals surface area (Å²) >= 11 is 0. The van der Waals surface area contributed by atoms with E-state index in [0.717, 1.165) is 11.1 Å². The van der Waals surface area contributed by atoms with E-state index in [1.165, 1.54) is 28.9 Å². The van der Waals surface area contributed by atoms with Crippen LogP contribution in [0.5, 0.6) is 11.5 Å². The lowest BCUT2D eigenvalue weighted by molar-refractivity contribution is -0.129. The summed E-state index contributed by atoms with van der Waals surface area (Å²) in [4.78, 5) is 25.8. The smallest absolute Gasteiger partial charge is 0.242 e. The molecule has 8 nitrogen and oxygen atoms in total. The van der Waals surface area contributed by atoms with Crippen molar-refractivity contribution in [2.24, 2.45) is 0 Å². The third-order valence-electron chi connectivity index (χ3n) is 5.43. The number of Topliss-reactive ketones (excluding diaryl/α,β-unsaturated/α-hetero) is 1. The molecule has 1 atom stereocenters. The molecule has 4 rings (SSSR count). The monoisotopic (exact) mass is 502 g/mol. The van der Waals surface area contributed by atoms with E-state index in [2.05, 4.69) is 15.6 Å². The number of halogens is 1. The van der Waals surface area contributed by atoms with Gasteiger partial charge in [0.05, 0.1) is 18.9 Å². The quantitative estimate of drug-likeness (QED) is 0.314. The Hall–Kier alpha value is -4.37. The molecule has 1 amide bonds. The molecule has 0 aliphatic carbocycles. The number of carbonyl (C=O) groups is 2. The third-order valence-corrected chi connectivity index (χ3v) is 5.43. The number of amides is 1. The molecule has 190 valence electrons. The van der Waals surface area contributed by atoms with Crippen LogP contribution in [-0.4, -0.2) is 39.3 Å². The Balaban J connectivity index is 1.37. The fourth-order valence-electron chi connectivity index (χ4n) is 3.58. The zero-order chi connectivity index (χ0) is 26.0. The van der Waals surface area contributed by atoms with Crippen molar-refractivity contribution in [3.8, 4) is 11.5 Å². The first kappa shape index (κ1) is 25.7. The summed E-state index contributed by atoms with van der Waals surface area (Å²) in [6, 6.07) is 21.5.